The van der Waals surface area contributed by atoms with Crippen LogP contribution in [-0.4, -0.2) is 17.2 Å². The highest BCUT2D eigenvalue weighted by molar-refractivity contribution is 9.10. The highest BCUT2D eigenvalue weighted by Crippen LogP contribution is 2.28. The molecule has 1 unspecified atom stereocenters. The molecule has 1 atom stereocenters. The highest BCUT2D eigenvalue weighted by Gasteiger charge is 2.17. The monoisotopic (exact) mass is 309 g/mol. The fourth-order valence-corrected chi connectivity index (χ4v) is 2.19. The smallest absolute Gasteiger partial charge is 0.248 e. The van der Waals surface area contributed by atoms with E-state index in [0.717, 1.165) is 22.0 Å². The molecule has 0 saturated heterocycles. The second kappa shape index (κ2) is 5.63. The van der Waals surface area contributed by atoms with Crippen LogP contribution in [0.5, 0.6) is 0 Å². The molecule has 4 nitrogen and oxygen atoms in total. The maximum absolute atomic E-state index is 5.74. The second-order valence-electron chi connectivity index (χ2n) is 4.11. The van der Waals surface area contributed by atoms with Gasteiger partial charge in [0.2, 0.25) is 11.8 Å². The molecule has 0 fully saturated rings. The lowest BCUT2D eigenvalue weighted by Crippen LogP contribution is -2.15. The average molecular weight is 310 g/mol. The van der Waals surface area contributed by atoms with Gasteiger partial charge in [-0.1, -0.05) is 28.9 Å². The first-order valence-corrected chi connectivity index (χ1v) is 6.72. The highest BCUT2D eigenvalue weighted by atomic mass is 79.9. The van der Waals surface area contributed by atoms with Gasteiger partial charge in [0, 0.05) is 10.0 Å². The van der Waals surface area contributed by atoms with Crippen LogP contribution in [0.15, 0.2) is 27.1 Å². The summed E-state index contributed by atoms with van der Waals surface area (Å²) in [5.41, 5.74) is 2.07. The molecule has 1 aromatic carbocycles. The van der Waals surface area contributed by atoms with Gasteiger partial charge in [0.05, 0.1) is 6.04 Å². The van der Waals surface area contributed by atoms with Crippen molar-refractivity contribution in [2.45, 2.75) is 26.3 Å². The third kappa shape index (κ3) is 2.47. The summed E-state index contributed by atoms with van der Waals surface area (Å²) in [5, 5.41) is 11.4. The van der Waals surface area contributed by atoms with E-state index >= 15 is 0 Å². The zero-order valence-corrected chi connectivity index (χ0v) is 12.3. The fraction of sp³-hybridized carbons (Fsp3) is 0.385. The zero-order chi connectivity index (χ0) is 13.1. The summed E-state index contributed by atoms with van der Waals surface area (Å²) in [6, 6.07) is 6.06. The van der Waals surface area contributed by atoms with E-state index in [1.54, 1.807) is 0 Å². The van der Waals surface area contributed by atoms with Gasteiger partial charge in [0.1, 0.15) is 0 Å². The molecule has 0 spiro atoms. The standard InChI is InChI=1S/C13H16BrN3O/c1-4-11(15-3)13-17-16-12(18-13)9-6-5-7-10(14)8(9)2/h5-7,11,15H,4H2,1-3H3. The Morgan fingerprint density at radius 2 is 2.17 bits per heavy atom. The molecule has 1 heterocycles. The summed E-state index contributed by atoms with van der Waals surface area (Å²) in [6.07, 6.45) is 0.912. The van der Waals surface area contributed by atoms with Gasteiger partial charge in [-0.15, -0.1) is 10.2 Å². The molecule has 1 N–H and O–H groups in total. The molecule has 0 saturated carbocycles. The predicted molar refractivity (Wildman–Crippen MR) is 74.3 cm³/mol. The van der Waals surface area contributed by atoms with E-state index in [1.807, 2.05) is 32.2 Å². The number of nitrogens with one attached hydrogen (secondary N) is 1. The number of hydrogen-bond acceptors (Lipinski definition) is 4. The van der Waals surface area contributed by atoms with Gasteiger partial charge in [-0.2, -0.15) is 0 Å². The molecule has 0 aliphatic heterocycles. The van der Waals surface area contributed by atoms with Crippen molar-refractivity contribution < 1.29 is 4.42 Å². The number of rotatable bonds is 4. The minimum Gasteiger partial charge on any atom is -0.419 e. The Morgan fingerprint density at radius 3 is 2.83 bits per heavy atom. The summed E-state index contributed by atoms with van der Waals surface area (Å²) < 4.78 is 6.79. The van der Waals surface area contributed by atoms with Crippen LogP contribution in [0, 0.1) is 6.92 Å². The van der Waals surface area contributed by atoms with Crippen molar-refractivity contribution in [1.29, 1.82) is 0 Å². The van der Waals surface area contributed by atoms with Crippen LogP contribution in [0.25, 0.3) is 11.5 Å². The first kappa shape index (κ1) is 13.2. The van der Waals surface area contributed by atoms with Gasteiger partial charge in [0.15, 0.2) is 0 Å². The molecule has 0 aliphatic carbocycles. The Labute approximate surface area is 115 Å². The Morgan fingerprint density at radius 1 is 1.39 bits per heavy atom. The van der Waals surface area contributed by atoms with Crippen LogP contribution in [0.4, 0.5) is 0 Å². The van der Waals surface area contributed by atoms with Crippen molar-refractivity contribution in [3.05, 3.63) is 34.1 Å². The van der Waals surface area contributed by atoms with Gasteiger partial charge >= 0.3 is 0 Å². The molecule has 2 rings (SSSR count). The van der Waals surface area contributed by atoms with Crippen molar-refractivity contribution >= 4 is 15.9 Å². The van der Waals surface area contributed by atoms with Crippen LogP contribution in [0.3, 0.4) is 0 Å². The number of aromatic nitrogens is 2. The van der Waals surface area contributed by atoms with Crippen LogP contribution in [-0.2, 0) is 0 Å². The van der Waals surface area contributed by atoms with Gasteiger partial charge in [-0.3, -0.25) is 0 Å². The van der Waals surface area contributed by atoms with Crippen molar-refractivity contribution in [3.63, 3.8) is 0 Å². The Bertz CT molecular complexity index is 535. The fourth-order valence-electron chi connectivity index (χ4n) is 1.83. The minimum absolute atomic E-state index is 0.110. The Kier molecular flexibility index (Phi) is 4.14. The van der Waals surface area contributed by atoms with E-state index in [0.29, 0.717) is 11.8 Å². The maximum Gasteiger partial charge on any atom is 0.248 e. The van der Waals surface area contributed by atoms with Crippen molar-refractivity contribution in [2.75, 3.05) is 7.05 Å². The minimum atomic E-state index is 0.110. The summed E-state index contributed by atoms with van der Waals surface area (Å²) in [5.74, 6) is 1.20. The Balaban J connectivity index is 2.38. The second-order valence-corrected chi connectivity index (χ2v) is 4.96. The SMILES string of the molecule is CCC(NC)c1nnc(-c2cccc(Br)c2C)o1. The van der Waals surface area contributed by atoms with Crippen molar-refractivity contribution in [2.24, 2.45) is 0 Å². The van der Waals surface area contributed by atoms with Crippen LogP contribution >= 0.6 is 15.9 Å². The molecular weight excluding hydrogens is 294 g/mol. The molecule has 0 radical (unpaired) electrons. The summed E-state index contributed by atoms with van der Waals surface area (Å²) in [6.45, 7) is 4.11. The van der Waals surface area contributed by atoms with E-state index in [9.17, 15) is 0 Å². The lowest BCUT2D eigenvalue weighted by molar-refractivity contribution is 0.415. The van der Waals surface area contributed by atoms with E-state index in [2.05, 4.69) is 38.4 Å². The van der Waals surface area contributed by atoms with Crippen LogP contribution < -0.4 is 5.32 Å². The van der Waals surface area contributed by atoms with E-state index < -0.39 is 0 Å². The summed E-state index contributed by atoms with van der Waals surface area (Å²) in [7, 11) is 1.89. The molecule has 0 aliphatic rings. The molecule has 0 amide bonds. The number of nitrogens with zero attached hydrogens (tertiary/aromatic N) is 2. The van der Waals surface area contributed by atoms with Gasteiger partial charge in [-0.25, -0.2) is 0 Å². The van der Waals surface area contributed by atoms with Gasteiger partial charge < -0.3 is 9.73 Å². The molecule has 2 aromatic rings. The summed E-state index contributed by atoms with van der Waals surface area (Å²) in [4.78, 5) is 0. The molecule has 0 bridgehead atoms. The predicted octanol–water partition coefficient (Wildman–Crippen LogP) is 3.48. The van der Waals surface area contributed by atoms with Gasteiger partial charge in [0.25, 0.3) is 0 Å². The molecule has 96 valence electrons. The topological polar surface area (TPSA) is 51.0 Å². The van der Waals surface area contributed by atoms with Crippen LogP contribution in [0.1, 0.15) is 30.8 Å². The number of halogens is 1. The quantitative estimate of drug-likeness (QED) is 0.939. The number of benzene rings is 1. The average Bonchev–Trinajstić information content (AvgIpc) is 2.84. The normalized spacial score (nSPS) is 12.7. The van der Waals surface area contributed by atoms with E-state index in [1.165, 1.54) is 0 Å². The summed E-state index contributed by atoms with van der Waals surface area (Å²) >= 11 is 3.50. The van der Waals surface area contributed by atoms with Crippen molar-refractivity contribution in [1.82, 2.24) is 15.5 Å². The third-order valence-corrected chi connectivity index (χ3v) is 3.85. The molecule has 5 heteroatoms. The van der Waals surface area contributed by atoms with E-state index in [-0.39, 0.29) is 6.04 Å². The Hall–Kier alpha value is -1.20. The molecule has 1 aromatic heterocycles. The largest absolute Gasteiger partial charge is 0.419 e. The first-order chi connectivity index (χ1) is 8.67. The van der Waals surface area contributed by atoms with Crippen LogP contribution in [0.2, 0.25) is 0 Å². The third-order valence-electron chi connectivity index (χ3n) is 2.99. The number of hydrogen-bond donors (Lipinski definition) is 1. The molecule has 18 heavy (non-hydrogen) atoms. The van der Waals surface area contributed by atoms with E-state index in [4.69, 9.17) is 4.42 Å². The lowest BCUT2D eigenvalue weighted by Gasteiger charge is -2.07. The molecular formula is C13H16BrN3O. The maximum atomic E-state index is 5.74. The van der Waals surface area contributed by atoms with Gasteiger partial charge in [-0.05, 0) is 38.1 Å². The first-order valence-electron chi connectivity index (χ1n) is 5.93. The zero-order valence-electron chi connectivity index (χ0n) is 10.7. The van der Waals surface area contributed by atoms with Crippen molar-refractivity contribution in [3.8, 4) is 11.5 Å². The lowest BCUT2D eigenvalue weighted by atomic mass is 10.1.